The monoisotopic (exact) mass is 223 g/mol. The third-order valence-corrected chi connectivity index (χ3v) is 2.83. The topological polar surface area (TPSA) is 12.4 Å². The molecule has 0 atom stereocenters. The first-order chi connectivity index (χ1) is 8.29. The van der Waals surface area contributed by atoms with Gasteiger partial charge in [-0.3, -0.25) is 4.99 Å². The van der Waals surface area contributed by atoms with Crippen LogP contribution in [0.15, 0.2) is 59.6 Å². The maximum Gasteiger partial charge on any atom is 0.0633 e. The van der Waals surface area contributed by atoms with Gasteiger partial charge in [0.05, 0.1) is 5.69 Å². The van der Waals surface area contributed by atoms with Crippen molar-refractivity contribution < 1.29 is 0 Å². The van der Waals surface area contributed by atoms with Crippen LogP contribution in [0.25, 0.3) is 0 Å². The Labute approximate surface area is 103 Å². The molecule has 0 spiro atoms. The van der Waals surface area contributed by atoms with Gasteiger partial charge in [-0.15, -0.1) is 0 Å². The smallest absolute Gasteiger partial charge is 0.0633 e. The number of aliphatic imine (C=N–C) groups is 1. The van der Waals surface area contributed by atoms with Crippen LogP contribution in [0, 0.1) is 0 Å². The van der Waals surface area contributed by atoms with Crippen molar-refractivity contribution in [3.8, 4) is 0 Å². The van der Waals surface area contributed by atoms with Gasteiger partial charge in [0.25, 0.3) is 0 Å². The van der Waals surface area contributed by atoms with Crippen LogP contribution in [0.4, 0.5) is 5.69 Å². The molecule has 2 aromatic rings. The quantitative estimate of drug-likeness (QED) is 0.684. The van der Waals surface area contributed by atoms with E-state index in [1.54, 1.807) is 0 Å². The second-order valence-corrected chi connectivity index (χ2v) is 4.08. The van der Waals surface area contributed by atoms with Crippen LogP contribution in [-0.2, 0) is 6.42 Å². The Balaban J connectivity index is 2.23. The number of hydrogen-bond donors (Lipinski definition) is 0. The van der Waals surface area contributed by atoms with Crippen LogP contribution in [0.3, 0.4) is 0 Å². The van der Waals surface area contributed by atoms with E-state index < -0.39 is 0 Å². The van der Waals surface area contributed by atoms with Crippen molar-refractivity contribution in [1.82, 2.24) is 0 Å². The van der Waals surface area contributed by atoms with E-state index in [0.717, 1.165) is 17.8 Å². The van der Waals surface area contributed by atoms with E-state index in [1.807, 2.05) is 25.1 Å². The van der Waals surface area contributed by atoms with E-state index in [0.29, 0.717) is 0 Å². The van der Waals surface area contributed by atoms with Crippen LogP contribution in [0.1, 0.15) is 25.0 Å². The van der Waals surface area contributed by atoms with Crippen molar-refractivity contribution in [2.45, 2.75) is 20.3 Å². The van der Waals surface area contributed by atoms with Crippen molar-refractivity contribution in [1.29, 1.82) is 0 Å². The number of nitrogens with zero attached hydrogens (tertiary/aromatic N) is 1. The summed E-state index contributed by atoms with van der Waals surface area (Å²) in [6.07, 6.45) is 1.07. The van der Waals surface area contributed by atoms with Crippen molar-refractivity contribution >= 4 is 11.4 Å². The van der Waals surface area contributed by atoms with Crippen LogP contribution in [0.5, 0.6) is 0 Å². The van der Waals surface area contributed by atoms with Crippen LogP contribution in [0.2, 0.25) is 0 Å². The number of benzene rings is 2. The first-order valence-corrected chi connectivity index (χ1v) is 5.99. The van der Waals surface area contributed by atoms with Gasteiger partial charge < -0.3 is 0 Å². The minimum atomic E-state index is 1.02. The third-order valence-electron chi connectivity index (χ3n) is 2.83. The van der Waals surface area contributed by atoms with Gasteiger partial charge in [0, 0.05) is 5.71 Å². The summed E-state index contributed by atoms with van der Waals surface area (Å²) in [4.78, 5) is 4.62. The van der Waals surface area contributed by atoms with E-state index in [9.17, 15) is 0 Å². The van der Waals surface area contributed by atoms with Crippen molar-refractivity contribution in [3.63, 3.8) is 0 Å². The Hall–Kier alpha value is -1.89. The van der Waals surface area contributed by atoms with E-state index in [-0.39, 0.29) is 0 Å². The molecule has 2 aromatic carbocycles. The number of rotatable bonds is 3. The van der Waals surface area contributed by atoms with Crippen LogP contribution in [-0.4, -0.2) is 5.71 Å². The lowest BCUT2D eigenvalue weighted by atomic mass is 10.1. The summed E-state index contributed by atoms with van der Waals surface area (Å²) >= 11 is 0. The Morgan fingerprint density at radius 1 is 0.941 bits per heavy atom. The SMILES string of the molecule is CCc1ccc(/N=C(\C)c2ccccc2)cc1. The maximum absolute atomic E-state index is 4.62. The average Bonchev–Trinajstić information content (AvgIpc) is 2.40. The third kappa shape index (κ3) is 3.04. The fraction of sp³-hybridized carbons (Fsp3) is 0.188. The number of aryl methyl sites for hydroxylation is 1. The summed E-state index contributed by atoms with van der Waals surface area (Å²) in [5.74, 6) is 0. The standard InChI is InChI=1S/C16H17N/c1-3-14-9-11-16(12-10-14)17-13(2)15-7-5-4-6-8-15/h4-12H,3H2,1-2H3/b17-13+. The highest BCUT2D eigenvalue weighted by Gasteiger charge is 1.96. The van der Waals surface area contributed by atoms with Gasteiger partial charge in [-0.25, -0.2) is 0 Å². The van der Waals surface area contributed by atoms with Gasteiger partial charge >= 0.3 is 0 Å². The summed E-state index contributed by atoms with van der Waals surface area (Å²) in [7, 11) is 0. The number of hydrogen-bond acceptors (Lipinski definition) is 1. The maximum atomic E-state index is 4.62. The highest BCUT2D eigenvalue weighted by molar-refractivity contribution is 6.00. The van der Waals surface area contributed by atoms with Gasteiger partial charge in [-0.2, -0.15) is 0 Å². The molecule has 0 N–H and O–H groups in total. The fourth-order valence-electron chi connectivity index (χ4n) is 1.74. The molecule has 0 unspecified atom stereocenters. The van der Waals surface area contributed by atoms with Crippen LogP contribution >= 0.6 is 0 Å². The molecule has 0 aromatic heterocycles. The minimum Gasteiger partial charge on any atom is -0.253 e. The lowest BCUT2D eigenvalue weighted by molar-refractivity contribution is 1.14. The van der Waals surface area contributed by atoms with Crippen LogP contribution < -0.4 is 0 Å². The molecule has 0 bridgehead atoms. The molecule has 0 aliphatic carbocycles. The van der Waals surface area contributed by atoms with Crippen molar-refractivity contribution in [2.24, 2.45) is 4.99 Å². The molecule has 0 saturated heterocycles. The molecular formula is C16H17N. The van der Waals surface area contributed by atoms with Crippen molar-refractivity contribution in [3.05, 3.63) is 65.7 Å². The molecule has 17 heavy (non-hydrogen) atoms. The van der Waals surface area contributed by atoms with E-state index in [2.05, 4.69) is 48.3 Å². The highest BCUT2D eigenvalue weighted by Crippen LogP contribution is 2.15. The summed E-state index contributed by atoms with van der Waals surface area (Å²) in [6, 6.07) is 18.7. The molecule has 0 aliphatic heterocycles. The molecule has 0 amide bonds. The lowest BCUT2D eigenvalue weighted by Gasteiger charge is -2.01. The highest BCUT2D eigenvalue weighted by atomic mass is 14.7. The van der Waals surface area contributed by atoms with E-state index >= 15 is 0 Å². The van der Waals surface area contributed by atoms with E-state index in [1.165, 1.54) is 11.1 Å². The normalized spacial score (nSPS) is 11.5. The molecular weight excluding hydrogens is 206 g/mol. The van der Waals surface area contributed by atoms with Gasteiger partial charge in [0.2, 0.25) is 0 Å². The van der Waals surface area contributed by atoms with E-state index in [4.69, 9.17) is 0 Å². The second-order valence-electron chi connectivity index (χ2n) is 4.08. The molecule has 0 heterocycles. The van der Waals surface area contributed by atoms with Gasteiger partial charge in [-0.05, 0) is 36.6 Å². The Morgan fingerprint density at radius 2 is 1.59 bits per heavy atom. The Kier molecular flexibility index (Phi) is 3.71. The lowest BCUT2D eigenvalue weighted by Crippen LogP contribution is -1.92. The van der Waals surface area contributed by atoms with Gasteiger partial charge in [-0.1, -0.05) is 49.4 Å². The summed E-state index contributed by atoms with van der Waals surface area (Å²) < 4.78 is 0. The largest absolute Gasteiger partial charge is 0.253 e. The molecule has 1 nitrogen and oxygen atoms in total. The average molecular weight is 223 g/mol. The first kappa shape index (κ1) is 11.6. The predicted octanol–water partition coefficient (Wildman–Crippen LogP) is 4.39. The summed E-state index contributed by atoms with van der Waals surface area (Å²) in [5, 5.41) is 0. The molecule has 0 fully saturated rings. The zero-order chi connectivity index (χ0) is 12.1. The molecule has 0 saturated carbocycles. The molecule has 1 heteroatoms. The molecule has 0 aliphatic rings. The Morgan fingerprint density at radius 3 is 2.18 bits per heavy atom. The minimum absolute atomic E-state index is 1.02. The fourth-order valence-corrected chi connectivity index (χ4v) is 1.74. The molecule has 86 valence electrons. The summed E-state index contributed by atoms with van der Waals surface area (Å²) in [6.45, 7) is 4.20. The first-order valence-electron chi connectivity index (χ1n) is 5.99. The molecule has 0 radical (unpaired) electrons. The van der Waals surface area contributed by atoms with Gasteiger partial charge in [0.15, 0.2) is 0 Å². The zero-order valence-corrected chi connectivity index (χ0v) is 10.4. The molecule has 2 rings (SSSR count). The second kappa shape index (κ2) is 5.44. The van der Waals surface area contributed by atoms with Gasteiger partial charge in [0.1, 0.15) is 0 Å². The zero-order valence-electron chi connectivity index (χ0n) is 10.4. The predicted molar refractivity (Wildman–Crippen MR) is 74.1 cm³/mol. The Bertz CT molecular complexity index is 495. The summed E-state index contributed by atoms with van der Waals surface area (Å²) in [5.41, 5.74) is 4.59. The van der Waals surface area contributed by atoms with Crippen molar-refractivity contribution in [2.75, 3.05) is 0 Å².